The van der Waals surface area contributed by atoms with Gasteiger partial charge in [-0.2, -0.15) is 0 Å². The Bertz CT molecular complexity index is 486. The Morgan fingerprint density at radius 2 is 1.19 bits per heavy atom. The Balaban J connectivity index is 2.30. The molecule has 0 fully saturated rings. The third-order valence-electron chi connectivity index (χ3n) is 3.18. The van der Waals surface area contributed by atoms with E-state index in [1.54, 1.807) is 0 Å². The summed E-state index contributed by atoms with van der Waals surface area (Å²) in [5.74, 6) is -0.313. The third-order valence-corrected chi connectivity index (χ3v) is 3.18. The molecule has 80 valence electrons. The first-order valence-electron chi connectivity index (χ1n) is 5.33. The lowest BCUT2D eigenvalue weighted by molar-refractivity contribution is -0.0503. The van der Waals surface area contributed by atoms with Crippen molar-refractivity contribution in [1.82, 2.24) is 0 Å². The summed E-state index contributed by atoms with van der Waals surface area (Å²) in [5, 5.41) is 19.0. The highest BCUT2D eigenvalue weighted by Gasteiger charge is 2.31. The van der Waals surface area contributed by atoms with Crippen molar-refractivity contribution in [3.8, 4) is 11.1 Å². The quantitative estimate of drug-likeness (QED) is 0.711. The van der Waals surface area contributed by atoms with E-state index >= 15 is 0 Å². The number of benzene rings is 2. The van der Waals surface area contributed by atoms with E-state index in [-0.39, 0.29) is 5.92 Å². The van der Waals surface area contributed by atoms with Gasteiger partial charge in [0.15, 0.2) is 6.29 Å². The molecule has 1 aliphatic carbocycles. The molecule has 2 heteroatoms. The van der Waals surface area contributed by atoms with Crippen LogP contribution in [0.4, 0.5) is 0 Å². The number of aliphatic hydroxyl groups excluding tert-OH is 1. The molecule has 0 bridgehead atoms. The van der Waals surface area contributed by atoms with Gasteiger partial charge in [0.2, 0.25) is 0 Å². The fraction of sp³-hybridized carbons (Fsp3) is 0.143. The fourth-order valence-corrected chi connectivity index (χ4v) is 2.52. The molecule has 0 radical (unpaired) electrons. The monoisotopic (exact) mass is 212 g/mol. The zero-order valence-electron chi connectivity index (χ0n) is 8.67. The molecule has 1 aliphatic rings. The summed E-state index contributed by atoms with van der Waals surface area (Å²) in [7, 11) is 0. The molecule has 0 aromatic heterocycles. The molecule has 0 amide bonds. The van der Waals surface area contributed by atoms with Crippen LogP contribution in [-0.2, 0) is 0 Å². The zero-order valence-corrected chi connectivity index (χ0v) is 8.67. The Kier molecular flexibility index (Phi) is 2.06. The molecule has 0 aliphatic heterocycles. The lowest BCUT2D eigenvalue weighted by atomic mass is 9.97. The first-order valence-corrected chi connectivity index (χ1v) is 5.33. The maximum Gasteiger partial charge on any atom is 0.162 e. The van der Waals surface area contributed by atoms with E-state index in [1.807, 2.05) is 48.5 Å². The maximum absolute atomic E-state index is 9.50. The van der Waals surface area contributed by atoms with E-state index < -0.39 is 6.29 Å². The van der Waals surface area contributed by atoms with Crippen LogP contribution < -0.4 is 0 Å². The first kappa shape index (κ1) is 9.58. The van der Waals surface area contributed by atoms with Gasteiger partial charge in [0.05, 0.1) is 5.92 Å². The summed E-state index contributed by atoms with van der Waals surface area (Å²) in [6.45, 7) is 0. The molecule has 0 spiro atoms. The molecule has 3 rings (SSSR count). The molecule has 0 heterocycles. The van der Waals surface area contributed by atoms with E-state index in [0.717, 1.165) is 22.3 Å². The van der Waals surface area contributed by atoms with Gasteiger partial charge >= 0.3 is 0 Å². The Morgan fingerprint density at radius 1 is 0.750 bits per heavy atom. The molecule has 16 heavy (non-hydrogen) atoms. The number of aliphatic hydroxyl groups is 2. The lowest BCUT2D eigenvalue weighted by Crippen LogP contribution is -2.16. The average molecular weight is 212 g/mol. The second kappa shape index (κ2) is 3.44. The third kappa shape index (κ3) is 1.21. The van der Waals surface area contributed by atoms with E-state index in [2.05, 4.69) is 0 Å². The van der Waals surface area contributed by atoms with E-state index in [9.17, 15) is 10.2 Å². The molecule has 0 saturated heterocycles. The van der Waals surface area contributed by atoms with Crippen molar-refractivity contribution in [1.29, 1.82) is 0 Å². The topological polar surface area (TPSA) is 40.5 Å². The summed E-state index contributed by atoms with van der Waals surface area (Å²) in [4.78, 5) is 0. The normalized spacial score (nSPS) is 13.9. The number of hydrogen-bond donors (Lipinski definition) is 2. The second-order valence-corrected chi connectivity index (χ2v) is 4.07. The molecular formula is C14H12O2. The van der Waals surface area contributed by atoms with Gasteiger partial charge in [0.1, 0.15) is 0 Å². The van der Waals surface area contributed by atoms with Crippen molar-refractivity contribution in [2.45, 2.75) is 12.2 Å². The highest BCUT2D eigenvalue weighted by atomic mass is 16.5. The van der Waals surface area contributed by atoms with Gasteiger partial charge in [-0.15, -0.1) is 0 Å². The first-order chi connectivity index (χ1) is 7.79. The van der Waals surface area contributed by atoms with Crippen LogP contribution >= 0.6 is 0 Å². The Hall–Kier alpha value is -1.64. The summed E-state index contributed by atoms with van der Waals surface area (Å²) in [6, 6.07) is 15.8. The molecule has 0 atom stereocenters. The second-order valence-electron chi connectivity index (χ2n) is 4.07. The predicted octanol–water partition coefficient (Wildman–Crippen LogP) is 2.11. The lowest BCUT2D eigenvalue weighted by Gasteiger charge is -2.15. The molecule has 2 aromatic rings. The van der Waals surface area contributed by atoms with E-state index in [1.165, 1.54) is 0 Å². The van der Waals surface area contributed by atoms with Crippen LogP contribution in [0.2, 0.25) is 0 Å². The number of rotatable bonds is 1. The van der Waals surface area contributed by atoms with Crippen LogP contribution in [0, 0.1) is 0 Å². The van der Waals surface area contributed by atoms with Gasteiger partial charge in [-0.3, -0.25) is 0 Å². The number of hydrogen-bond acceptors (Lipinski definition) is 2. The van der Waals surface area contributed by atoms with Crippen LogP contribution in [0.25, 0.3) is 11.1 Å². The molecular weight excluding hydrogens is 200 g/mol. The molecule has 2 nitrogen and oxygen atoms in total. The van der Waals surface area contributed by atoms with Crippen LogP contribution in [0.15, 0.2) is 48.5 Å². The van der Waals surface area contributed by atoms with Crippen molar-refractivity contribution in [3.05, 3.63) is 59.7 Å². The van der Waals surface area contributed by atoms with Crippen molar-refractivity contribution < 1.29 is 10.2 Å². The van der Waals surface area contributed by atoms with Crippen LogP contribution in [0.1, 0.15) is 17.0 Å². The summed E-state index contributed by atoms with van der Waals surface area (Å²) >= 11 is 0. The zero-order chi connectivity index (χ0) is 11.1. The van der Waals surface area contributed by atoms with Gasteiger partial charge in [-0.05, 0) is 22.3 Å². The largest absolute Gasteiger partial charge is 0.367 e. The smallest absolute Gasteiger partial charge is 0.162 e. The minimum Gasteiger partial charge on any atom is -0.367 e. The average Bonchev–Trinajstić information content (AvgIpc) is 2.63. The van der Waals surface area contributed by atoms with Crippen LogP contribution in [-0.4, -0.2) is 16.5 Å². The summed E-state index contributed by atoms with van der Waals surface area (Å²) in [5.41, 5.74) is 4.21. The maximum atomic E-state index is 9.50. The Morgan fingerprint density at radius 3 is 1.62 bits per heavy atom. The Labute approximate surface area is 93.8 Å². The van der Waals surface area contributed by atoms with Gasteiger partial charge in [0.25, 0.3) is 0 Å². The van der Waals surface area contributed by atoms with E-state index in [0.29, 0.717) is 0 Å². The molecule has 0 unspecified atom stereocenters. The van der Waals surface area contributed by atoms with Crippen molar-refractivity contribution in [2.75, 3.05) is 0 Å². The van der Waals surface area contributed by atoms with Gasteiger partial charge < -0.3 is 10.2 Å². The summed E-state index contributed by atoms with van der Waals surface area (Å²) in [6.07, 6.45) is -1.34. The van der Waals surface area contributed by atoms with Crippen molar-refractivity contribution in [2.24, 2.45) is 0 Å². The van der Waals surface area contributed by atoms with Crippen LogP contribution in [0.5, 0.6) is 0 Å². The van der Waals surface area contributed by atoms with Crippen LogP contribution in [0.3, 0.4) is 0 Å². The van der Waals surface area contributed by atoms with Crippen molar-refractivity contribution in [3.63, 3.8) is 0 Å². The van der Waals surface area contributed by atoms with Gasteiger partial charge in [0, 0.05) is 0 Å². The molecule has 2 aromatic carbocycles. The SMILES string of the molecule is OC(O)C1c2ccccc2-c2ccccc21. The standard InChI is InChI=1S/C14H12O2/c15-14(16)13-11-7-3-1-5-9(11)10-6-2-4-8-12(10)13/h1-8,13-16H. The van der Waals surface area contributed by atoms with E-state index in [4.69, 9.17) is 0 Å². The predicted molar refractivity (Wildman–Crippen MR) is 61.9 cm³/mol. The van der Waals surface area contributed by atoms with Gasteiger partial charge in [-0.25, -0.2) is 0 Å². The minimum atomic E-state index is -1.34. The highest BCUT2D eigenvalue weighted by Crippen LogP contribution is 2.45. The number of fused-ring (bicyclic) bond motifs is 3. The fourth-order valence-electron chi connectivity index (χ4n) is 2.52. The molecule has 2 N–H and O–H groups in total. The minimum absolute atomic E-state index is 0.313. The van der Waals surface area contributed by atoms with Gasteiger partial charge in [-0.1, -0.05) is 48.5 Å². The van der Waals surface area contributed by atoms with Crippen molar-refractivity contribution >= 4 is 0 Å². The summed E-state index contributed by atoms with van der Waals surface area (Å²) < 4.78 is 0. The highest BCUT2D eigenvalue weighted by molar-refractivity contribution is 5.78. The molecule has 0 saturated carbocycles.